The SMILES string of the molecule is CCCCCCCCC/C(C(N)=O)=C(\CCCCCCCCC)C(=O)O. The van der Waals surface area contributed by atoms with Crippen LogP contribution in [0, 0.1) is 0 Å². The highest BCUT2D eigenvalue weighted by molar-refractivity contribution is 6.01. The molecule has 0 spiro atoms. The summed E-state index contributed by atoms with van der Waals surface area (Å²) in [6.45, 7) is 4.39. The molecule has 0 rings (SSSR count). The van der Waals surface area contributed by atoms with Crippen molar-refractivity contribution in [2.75, 3.05) is 0 Å². The second-order valence-corrected chi connectivity index (χ2v) is 7.37. The van der Waals surface area contributed by atoms with Crippen LogP contribution < -0.4 is 5.73 Å². The summed E-state index contributed by atoms with van der Waals surface area (Å²) in [5.41, 5.74) is 6.07. The zero-order chi connectivity index (χ0) is 19.6. The largest absolute Gasteiger partial charge is 0.478 e. The van der Waals surface area contributed by atoms with Crippen LogP contribution >= 0.6 is 0 Å². The summed E-state index contributed by atoms with van der Waals surface area (Å²) >= 11 is 0. The summed E-state index contributed by atoms with van der Waals surface area (Å²) in [5, 5.41) is 9.50. The Labute approximate surface area is 160 Å². The number of carbonyl (C=O) groups excluding carboxylic acids is 1. The van der Waals surface area contributed by atoms with Gasteiger partial charge < -0.3 is 10.8 Å². The molecule has 26 heavy (non-hydrogen) atoms. The summed E-state index contributed by atoms with van der Waals surface area (Å²) < 4.78 is 0. The topological polar surface area (TPSA) is 80.4 Å². The van der Waals surface area contributed by atoms with E-state index in [1.54, 1.807) is 0 Å². The summed E-state index contributed by atoms with van der Waals surface area (Å²) in [7, 11) is 0. The molecule has 0 aliphatic rings. The van der Waals surface area contributed by atoms with Crippen LogP contribution in [0.4, 0.5) is 0 Å². The summed E-state index contributed by atoms with van der Waals surface area (Å²) in [6.07, 6.45) is 16.9. The second kappa shape index (κ2) is 17.1. The van der Waals surface area contributed by atoms with E-state index >= 15 is 0 Å². The van der Waals surface area contributed by atoms with Crippen LogP contribution in [0.1, 0.15) is 117 Å². The Morgan fingerprint density at radius 2 is 0.962 bits per heavy atom. The molecule has 0 radical (unpaired) electrons. The molecule has 0 aromatic heterocycles. The van der Waals surface area contributed by atoms with Crippen molar-refractivity contribution in [2.45, 2.75) is 117 Å². The van der Waals surface area contributed by atoms with Gasteiger partial charge >= 0.3 is 5.97 Å². The number of carbonyl (C=O) groups is 2. The maximum absolute atomic E-state index is 11.8. The van der Waals surface area contributed by atoms with Gasteiger partial charge in [0.05, 0.1) is 0 Å². The first-order valence-corrected chi connectivity index (χ1v) is 10.8. The lowest BCUT2D eigenvalue weighted by Gasteiger charge is -2.10. The smallest absolute Gasteiger partial charge is 0.332 e. The zero-order valence-corrected chi connectivity index (χ0v) is 17.2. The number of aliphatic carboxylic acids is 1. The first kappa shape index (κ1) is 24.7. The molecular formula is C22H41NO3. The number of nitrogens with two attached hydrogens (primary N) is 1. The van der Waals surface area contributed by atoms with Crippen molar-refractivity contribution in [1.82, 2.24) is 0 Å². The molecule has 4 heteroatoms. The van der Waals surface area contributed by atoms with E-state index in [2.05, 4.69) is 13.8 Å². The number of carboxylic acids is 1. The summed E-state index contributed by atoms with van der Waals surface area (Å²) in [4.78, 5) is 23.4. The monoisotopic (exact) mass is 367 g/mol. The molecule has 0 aromatic carbocycles. The van der Waals surface area contributed by atoms with Gasteiger partial charge in [0.1, 0.15) is 0 Å². The highest BCUT2D eigenvalue weighted by Gasteiger charge is 2.18. The van der Waals surface area contributed by atoms with E-state index in [4.69, 9.17) is 5.73 Å². The summed E-state index contributed by atoms with van der Waals surface area (Å²) in [6, 6.07) is 0. The van der Waals surface area contributed by atoms with Crippen LogP contribution in [-0.2, 0) is 9.59 Å². The van der Waals surface area contributed by atoms with Crippen molar-refractivity contribution >= 4 is 11.9 Å². The average Bonchev–Trinajstić information content (AvgIpc) is 2.60. The number of amides is 1. The van der Waals surface area contributed by atoms with Crippen molar-refractivity contribution < 1.29 is 14.7 Å². The number of carboxylic acid groups (broad SMARTS) is 1. The van der Waals surface area contributed by atoms with Gasteiger partial charge in [-0.15, -0.1) is 0 Å². The molecule has 0 saturated carbocycles. The quantitative estimate of drug-likeness (QED) is 0.226. The molecule has 0 atom stereocenters. The number of primary amides is 1. The van der Waals surface area contributed by atoms with E-state index in [0.717, 1.165) is 38.5 Å². The summed E-state index contributed by atoms with van der Waals surface area (Å²) in [5.74, 6) is -1.54. The highest BCUT2D eigenvalue weighted by atomic mass is 16.4. The van der Waals surface area contributed by atoms with E-state index in [1.165, 1.54) is 51.4 Å². The van der Waals surface area contributed by atoms with Gasteiger partial charge in [-0.05, 0) is 25.7 Å². The Morgan fingerprint density at radius 3 is 1.31 bits per heavy atom. The molecule has 0 saturated heterocycles. The van der Waals surface area contributed by atoms with Gasteiger partial charge in [0.25, 0.3) is 0 Å². The number of unbranched alkanes of at least 4 members (excludes halogenated alkanes) is 12. The van der Waals surface area contributed by atoms with Crippen molar-refractivity contribution in [1.29, 1.82) is 0 Å². The van der Waals surface area contributed by atoms with E-state index in [0.29, 0.717) is 18.4 Å². The Kier molecular flexibility index (Phi) is 16.2. The minimum Gasteiger partial charge on any atom is -0.478 e. The lowest BCUT2D eigenvalue weighted by atomic mass is 9.96. The van der Waals surface area contributed by atoms with Gasteiger partial charge in [0.15, 0.2) is 0 Å². The molecule has 0 bridgehead atoms. The molecule has 3 N–H and O–H groups in total. The minimum atomic E-state index is -0.979. The fraction of sp³-hybridized carbons (Fsp3) is 0.818. The average molecular weight is 368 g/mol. The van der Waals surface area contributed by atoms with Gasteiger partial charge in [0.2, 0.25) is 5.91 Å². The Balaban J connectivity index is 4.34. The molecule has 0 fully saturated rings. The lowest BCUT2D eigenvalue weighted by molar-refractivity contribution is -0.133. The molecule has 0 aliphatic heterocycles. The second-order valence-electron chi connectivity index (χ2n) is 7.37. The predicted molar refractivity (Wildman–Crippen MR) is 109 cm³/mol. The van der Waals surface area contributed by atoms with Crippen LogP contribution in [0.5, 0.6) is 0 Å². The lowest BCUT2D eigenvalue weighted by Crippen LogP contribution is -2.19. The van der Waals surface area contributed by atoms with Gasteiger partial charge in [-0.3, -0.25) is 4.79 Å². The van der Waals surface area contributed by atoms with Crippen molar-refractivity contribution in [3.05, 3.63) is 11.1 Å². The van der Waals surface area contributed by atoms with E-state index in [9.17, 15) is 14.7 Å². The molecule has 1 amide bonds. The van der Waals surface area contributed by atoms with Crippen molar-refractivity contribution in [2.24, 2.45) is 5.73 Å². The molecule has 0 unspecified atom stereocenters. The van der Waals surface area contributed by atoms with Gasteiger partial charge in [-0.25, -0.2) is 4.79 Å². The van der Waals surface area contributed by atoms with E-state index in [1.807, 2.05) is 0 Å². The number of rotatable bonds is 18. The Hall–Kier alpha value is -1.32. The maximum Gasteiger partial charge on any atom is 0.332 e. The third-order valence-corrected chi connectivity index (χ3v) is 4.98. The van der Waals surface area contributed by atoms with Crippen LogP contribution in [0.3, 0.4) is 0 Å². The van der Waals surface area contributed by atoms with Crippen LogP contribution in [0.25, 0.3) is 0 Å². The third-order valence-electron chi connectivity index (χ3n) is 4.98. The highest BCUT2D eigenvalue weighted by Crippen LogP contribution is 2.20. The molecule has 4 nitrogen and oxygen atoms in total. The Morgan fingerprint density at radius 1 is 0.615 bits per heavy atom. The molecular weight excluding hydrogens is 326 g/mol. The van der Waals surface area contributed by atoms with Crippen molar-refractivity contribution in [3.8, 4) is 0 Å². The normalized spacial score (nSPS) is 12.1. The van der Waals surface area contributed by atoms with Gasteiger partial charge in [0, 0.05) is 11.1 Å². The molecule has 152 valence electrons. The first-order valence-electron chi connectivity index (χ1n) is 10.8. The molecule has 0 aromatic rings. The molecule has 0 heterocycles. The fourth-order valence-electron chi connectivity index (χ4n) is 3.33. The van der Waals surface area contributed by atoms with Crippen LogP contribution in [-0.4, -0.2) is 17.0 Å². The van der Waals surface area contributed by atoms with Crippen LogP contribution in [0.2, 0.25) is 0 Å². The standard InChI is InChI=1S/C22H41NO3/c1-3-5-7-9-11-13-15-17-19(21(23)24)20(22(25)26)18-16-14-12-10-8-6-4-2/h3-18H2,1-2H3,(H2,23,24)(H,25,26)/b20-19-. The minimum absolute atomic E-state index is 0.247. The van der Waals surface area contributed by atoms with Gasteiger partial charge in [-0.2, -0.15) is 0 Å². The molecule has 0 aliphatic carbocycles. The first-order chi connectivity index (χ1) is 12.5. The van der Waals surface area contributed by atoms with Gasteiger partial charge in [-0.1, -0.05) is 90.9 Å². The van der Waals surface area contributed by atoms with Crippen molar-refractivity contribution in [3.63, 3.8) is 0 Å². The fourth-order valence-corrected chi connectivity index (χ4v) is 3.33. The predicted octanol–water partition coefficient (Wildman–Crippen LogP) is 6.13. The maximum atomic E-state index is 11.8. The zero-order valence-electron chi connectivity index (χ0n) is 17.2. The van der Waals surface area contributed by atoms with E-state index in [-0.39, 0.29) is 5.57 Å². The van der Waals surface area contributed by atoms with E-state index < -0.39 is 11.9 Å². The van der Waals surface area contributed by atoms with Crippen LogP contribution in [0.15, 0.2) is 11.1 Å². The number of hydrogen-bond donors (Lipinski definition) is 2. The number of hydrogen-bond acceptors (Lipinski definition) is 2. The Bertz CT molecular complexity index is 378. The third kappa shape index (κ3) is 13.0.